The molecule has 2 aromatic rings. The highest BCUT2D eigenvalue weighted by Gasteiger charge is 2.26. The van der Waals surface area contributed by atoms with Gasteiger partial charge in [0.15, 0.2) is 5.05 Å². The molecule has 2 aromatic carbocycles. The predicted octanol–water partition coefficient (Wildman–Crippen LogP) is 5.00. The zero-order valence-corrected chi connectivity index (χ0v) is 17.1. The van der Waals surface area contributed by atoms with Gasteiger partial charge in [0.2, 0.25) is 0 Å². The van der Waals surface area contributed by atoms with E-state index >= 15 is 0 Å². The Morgan fingerprint density at radius 2 is 1.88 bits per heavy atom. The number of methoxy groups -OCH3 is 1. The van der Waals surface area contributed by atoms with E-state index in [1.165, 1.54) is 19.4 Å². The molecule has 0 spiro atoms. The lowest BCUT2D eigenvalue weighted by atomic mass is 9.92. The number of halogens is 1. The molecule has 0 aromatic heterocycles. The summed E-state index contributed by atoms with van der Waals surface area (Å²) in [7, 11) is 1.51. The maximum absolute atomic E-state index is 14.6. The third kappa shape index (κ3) is 4.50. The van der Waals surface area contributed by atoms with Crippen LogP contribution in [0.5, 0.6) is 0 Å². The second-order valence-corrected chi connectivity index (χ2v) is 9.09. The van der Waals surface area contributed by atoms with Crippen LogP contribution in [-0.4, -0.2) is 27.7 Å². The summed E-state index contributed by atoms with van der Waals surface area (Å²) in [4.78, 5) is 0. The molecular formula is C20H22FNO2S2. The quantitative estimate of drug-likeness (QED) is 0.418. The van der Waals surface area contributed by atoms with Gasteiger partial charge in [0.1, 0.15) is 21.9 Å². The maximum Gasteiger partial charge on any atom is 0.191 e. The topological polar surface area (TPSA) is 44.6 Å². The van der Waals surface area contributed by atoms with Gasteiger partial charge in [-0.25, -0.2) is 4.39 Å². The summed E-state index contributed by atoms with van der Waals surface area (Å²) < 4.78 is 35.6. The molecule has 0 heterocycles. The van der Waals surface area contributed by atoms with Gasteiger partial charge < -0.3 is 9.29 Å². The van der Waals surface area contributed by atoms with Gasteiger partial charge in [-0.05, 0) is 68.7 Å². The molecule has 0 aliphatic carbocycles. The molecule has 0 aliphatic heterocycles. The number of aryl methyl sites for hydroxylation is 1. The zero-order chi connectivity index (χ0) is 19.5. The molecular weight excluding hydrogens is 369 g/mol. The molecule has 2 rings (SSSR count). The lowest BCUT2D eigenvalue weighted by Crippen LogP contribution is -2.25. The van der Waals surface area contributed by atoms with Gasteiger partial charge in [-0.15, -0.1) is 0 Å². The van der Waals surface area contributed by atoms with Crippen molar-refractivity contribution in [1.29, 1.82) is 0 Å². The Labute approximate surface area is 162 Å². The highest BCUT2D eigenvalue weighted by atomic mass is 32.2. The lowest BCUT2D eigenvalue weighted by molar-refractivity contribution is 0.416. The van der Waals surface area contributed by atoms with Crippen molar-refractivity contribution in [1.82, 2.24) is 0 Å². The van der Waals surface area contributed by atoms with Crippen LogP contribution in [0.2, 0.25) is 0 Å². The average molecular weight is 392 g/mol. The van der Waals surface area contributed by atoms with Crippen LogP contribution in [0, 0.1) is 12.7 Å². The van der Waals surface area contributed by atoms with Crippen molar-refractivity contribution in [2.24, 2.45) is 4.40 Å². The third-order valence-electron chi connectivity index (χ3n) is 3.80. The van der Waals surface area contributed by atoms with Crippen molar-refractivity contribution >= 4 is 34.8 Å². The number of thiocarbonyl (C=S) groups is 1. The van der Waals surface area contributed by atoms with Crippen LogP contribution in [0.4, 0.5) is 4.39 Å². The first-order valence-electron chi connectivity index (χ1n) is 8.09. The van der Waals surface area contributed by atoms with Crippen LogP contribution < -0.4 is 0 Å². The molecule has 0 bridgehead atoms. The number of ether oxygens (including phenoxy) is 1. The molecule has 0 amide bonds. The van der Waals surface area contributed by atoms with Crippen molar-refractivity contribution in [2.45, 2.75) is 32.4 Å². The summed E-state index contributed by atoms with van der Waals surface area (Å²) in [5, 5.41) is 0.328. The van der Waals surface area contributed by atoms with Crippen molar-refractivity contribution in [3.8, 4) is 11.1 Å². The van der Waals surface area contributed by atoms with Crippen LogP contribution in [0.25, 0.3) is 11.1 Å². The van der Waals surface area contributed by atoms with E-state index in [0.717, 1.165) is 11.1 Å². The molecule has 0 saturated carbocycles. The number of nitrogens with zero attached hydrogens (tertiary/aromatic N) is 1. The molecule has 26 heavy (non-hydrogen) atoms. The van der Waals surface area contributed by atoms with E-state index in [2.05, 4.69) is 4.40 Å². The molecule has 0 saturated heterocycles. The Balaban J connectivity index is 2.65. The molecule has 1 unspecified atom stereocenters. The van der Waals surface area contributed by atoms with Gasteiger partial charge in [0.05, 0.1) is 13.3 Å². The summed E-state index contributed by atoms with van der Waals surface area (Å²) in [6, 6.07) is 10.4. The van der Waals surface area contributed by atoms with Crippen LogP contribution in [0.3, 0.4) is 0 Å². The first kappa shape index (κ1) is 20.6. The van der Waals surface area contributed by atoms with E-state index in [1.54, 1.807) is 12.1 Å². The summed E-state index contributed by atoms with van der Waals surface area (Å²) in [5.41, 5.74) is 3.33. The van der Waals surface area contributed by atoms with Crippen LogP contribution >= 0.6 is 12.2 Å². The van der Waals surface area contributed by atoms with Crippen molar-refractivity contribution in [3.05, 3.63) is 58.9 Å². The summed E-state index contributed by atoms with van der Waals surface area (Å²) >= 11 is 3.82. The fourth-order valence-corrected chi connectivity index (χ4v) is 3.14. The van der Waals surface area contributed by atoms with Crippen molar-refractivity contribution in [3.63, 3.8) is 0 Å². The van der Waals surface area contributed by atoms with E-state index in [1.807, 2.05) is 45.9 Å². The van der Waals surface area contributed by atoms with E-state index in [9.17, 15) is 8.94 Å². The SMILES string of the molecule is COC(=S)c1cccc(C)c1-c1cccc(F)c1/C=N/[S+]([O-])C(C)(C)C. The monoisotopic (exact) mass is 391 g/mol. The Morgan fingerprint density at radius 1 is 1.23 bits per heavy atom. The average Bonchev–Trinajstić information content (AvgIpc) is 2.58. The zero-order valence-electron chi connectivity index (χ0n) is 15.5. The fraction of sp³-hybridized carbons (Fsp3) is 0.300. The summed E-state index contributed by atoms with van der Waals surface area (Å²) in [5.74, 6) is -0.435. The lowest BCUT2D eigenvalue weighted by Gasteiger charge is -2.18. The molecule has 3 nitrogen and oxygen atoms in total. The molecule has 6 heteroatoms. The summed E-state index contributed by atoms with van der Waals surface area (Å²) in [6.45, 7) is 7.38. The van der Waals surface area contributed by atoms with Crippen LogP contribution in [0.1, 0.15) is 37.5 Å². The second kappa shape index (κ2) is 8.29. The smallest absolute Gasteiger partial charge is 0.191 e. The first-order chi connectivity index (χ1) is 12.2. The fourth-order valence-electron chi connectivity index (χ4n) is 2.45. The Kier molecular flexibility index (Phi) is 6.55. The first-order valence-corrected chi connectivity index (χ1v) is 9.61. The number of hydrogen-bond acceptors (Lipinski definition) is 4. The van der Waals surface area contributed by atoms with Gasteiger partial charge in [-0.2, -0.15) is 0 Å². The number of benzene rings is 2. The standard InChI is InChI=1S/C20H22FNO2S2/c1-13-8-6-10-15(19(25)24-5)18(13)14-9-7-11-17(21)16(14)12-22-26(23)20(2,3)4/h6-12H,1-5H3/b22-12+. The van der Waals surface area contributed by atoms with Crippen LogP contribution in [0.15, 0.2) is 40.8 Å². The molecule has 0 aliphatic rings. The van der Waals surface area contributed by atoms with E-state index in [-0.39, 0.29) is 5.56 Å². The third-order valence-corrected chi connectivity index (χ3v) is 5.53. The molecule has 0 fully saturated rings. The minimum Gasteiger partial charge on any atom is -0.591 e. The Hall–Kier alpha value is -1.76. The number of hydrogen-bond donors (Lipinski definition) is 0. The summed E-state index contributed by atoms with van der Waals surface area (Å²) in [6.07, 6.45) is 1.35. The van der Waals surface area contributed by atoms with Gasteiger partial charge in [0, 0.05) is 11.1 Å². The van der Waals surface area contributed by atoms with Crippen molar-refractivity contribution < 1.29 is 13.7 Å². The van der Waals surface area contributed by atoms with Crippen molar-refractivity contribution in [2.75, 3.05) is 7.11 Å². The highest BCUT2D eigenvalue weighted by molar-refractivity contribution is 7.91. The van der Waals surface area contributed by atoms with Crippen LogP contribution in [-0.2, 0) is 16.1 Å². The predicted molar refractivity (Wildman–Crippen MR) is 111 cm³/mol. The van der Waals surface area contributed by atoms with Gasteiger partial charge >= 0.3 is 0 Å². The maximum atomic E-state index is 14.6. The van der Waals surface area contributed by atoms with E-state index in [0.29, 0.717) is 16.2 Å². The molecule has 0 N–H and O–H groups in total. The molecule has 1 atom stereocenters. The Bertz CT molecular complexity index is 844. The largest absolute Gasteiger partial charge is 0.591 e. The minimum absolute atomic E-state index is 0.277. The second-order valence-electron chi connectivity index (χ2n) is 6.79. The van der Waals surface area contributed by atoms with Gasteiger partial charge in [-0.3, -0.25) is 0 Å². The minimum atomic E-state index is -1.48. The van der Waals surface area contributed by atoms with E-state index in [4.69, 9.17) is 17.0 Å². The van der Waals surface area contributed by atoms with E-state index < -0.39 is 21.9 Å². The molecule has 0 radical (unpaired) electrons. The molecule has 138 valence electrons. The highest BCUT2D eigenvalue weighted by Crippen LogP contribution is 2.32. The normalized spacial score (nSPS) is 13.0. The Morgan fingerprint density at radius 3 is 2.50 bits per heavy atom. The van der Waals surface area contributed by atoms with Gasteiger partial charge in [0.25, 0.3) is 0 Å². The number of rotatable bonds is 4. The van der Waals surface area contributed by atoms with Gasteiger partial charge in [-0.1, -0.05) is 28.7 Å².